The number of ether oxygens (including phenoxy) is 1. The van der Waals surface area contributed by atoms with E-state index in [1.165, 1.54) is 11.1 Å². The van der Waals surface area contributed by atoms with Crippen LogP contribution in [-0.2, 0) is 17.8 Å². The first-order valence-electron chi connectivity index (χ1n) is 10.3. The van der Waals surface area contributed by atoms with E-state index in [2.05, 4.69) is 47.3 Å². The number of hydrogen-bond donors (Lipinski definition) is 2. The number of H-pyrrole nitrogens is 1. The monoisotopic (exact) mass is 418 g/mol. The molecule has 31 heavy (non-hydrogen) atoms. The molecule has 2 N–H and O–H groups in total. The summed E-state index contributed by atoms with van der Waals surface area (Å²) in [5.74, 6) is 2.25. The van der Waals surface area contributed by atoms with Crippen molar-refractivity contribution >= 4 is 16.9 Å². The molecule has 0 unspecified atom stereocenters. The van der Waals surface area contributed by atoms with Gasteiger partial charge < -0.3 is 14.5 Å². The van der Waals surface area contributed by atoms with E-state index in [-0.39, 0.29) is 18.9 Å². The number of fused-ring (bicyclic) bond motifs is 1. The normalized spacial score (nSPS) is 11.3. The first-order chi connectivity index (χ1) is 14.9. The Kier molecular flexibility index (Phi) is 5.75. The molecule has 0 aliphatic rings. The number of nitrogens with zero attached hydrogens (tertiary/aromatic N) is 2. The molecule has 0 aliphatic heterocycles. The Morgan fingerprint density at radius 3 is 2.71 bits per heavy atom. The van der Waals surface area contributed by atoms with E-state index in [4.69, 9.17) is 9.15 Å². The van der Waals surface area contributed by atoms with Gasteiger partial charge in [0, 0.05) is 16.5 Å². The largest absolute Gasteiger partial charge is 0.497 e. The lowest BCUT2D eigenvalue weighted by Gasteiger charge is -2.10. The highest BCUT2D eigenvalue weighted by Crippen LogP contribution is 2.29. The molecule has 0 aliphatic carbocycles. The molecule has 0 fully saturated rings. The SMILES string of the molecule is COc1ccc(-c2n[nH]c(CNC(=O)Cc3coc4cc(C)c(C(C)C)cc34)n2)cc1. The summed E-state index contributed by atoms with van der Waals surface area (Å²) in [5.41, 5.74) is 5.03. The van der Waals surface area contributed by atoms with Crippen molar-refractivity contribution in [3.8, 4) is 17.1 Å². The molecule has 2 aromatic heterocycles. The van der Waals surface area contributed by atoms with Crippen LogP contribution in [0.5, 0.6) is 5.75 Å². The second-order valence-corrected chi connectivity index (χ2v) is 7.91. The van der Waals surface area contributed by atoms with Gasteiger partial charge in [0.15, 0.2) is 5.82 Å². The quantitative estimate of drug-likeness (QED) is 0.460. The Morgan fingerprint density at radius 2 is 2.00 bits per heavy atom. The Hall–Kier alpha value is -3.61. The molecule has 4 rings (SSSR count). The number of aryl methyl sites for hydroxylation is 1. The highest BCUT2D eigenvalue weighted by Gasteiger charge is 2.14. The average Bonchev–Trinajstić information content (AvgIpc) is 3.39. The molecule has 7 nitrogen and oxygen atoms in total. The molecule has 0 atom stereocenters. The zero-order valence-electron chi connectivity index (χ0n) is 18.2. The number of aromatic nitrogens is 3. The fourth-order valence-corrected chi connectivity index (χ4v) is 3.66. The molecule has 0 spiro atoms. The maximum absolute atomic E-state index is 12.5. The van der Waals surface area contributed by atoms with Gasteiger partial charge in [0.25, 0.3) is 0 Å². The first-order valence-corrected chi connectivity index (χ1v) is 10.3. The van der Waals surface area contributed by atoms with Crippen LogP contribution in [-0.4, -0.2) is 28.2 Å². The van der Waals surface area contributed by atoms with Crippen molar-refractivity contribution in [3.63, 3.8) is 0 Å². The predicted octanol–water partition coefficient (Wildman–Crippen LogP) is 4.52. The molecular weight excluding hydrogens is 392 g/mol. The Bertz CT molecular complexity index is 1210. The summed E-state index contributed by atoms with van der Waals surface area (Å²) in [6, 6.07) is 11.7. The highest BCUT2D eigenvalue weighted by atomic mass is 16.5. The smallest absolute Gasteiger partial charge is 0.224 e. The Balaban J connectivity index is 1.41. The number of aromatic amines is 1. The van der Waals surface area contributed by atoms with E-state index in [1.54, 1.807) is 13.4 Å². The fourth-order valence-electron chi connectivity index (χ4n) is 3.66. The second-order valence-electron chi connectivity index (χ2n) is 7.91. The van der Waals surface area contributed by atoms with Gasteiger partial charge in [0.1, 0.15) is 17.2 Å². The van der Waals surface area contributed by atoms with E-state index in [0.717, 1.165) is 27.8 Å². The standard InChI is InChI=1S/C24H26N4O3/c1-14(2)19-11-20-17(13-31-21(20)9-15(19)3)10-23(29)25-12-22-26-24(28-27-22)16-5-7-18(30-4)8-6-16/h5-9,11,13-14H,10,12H2,1-4H3,(H,25,29)(H,26,27,28). The number of benzene rings is 2. The van der Waals surface area contributed by atoms with Crippen LogP contribution in [0.15, 0.2) is 47.1 Å². The molecule has 0 bridgehead atoms. The molecule has 2 heterocycles. The van der Waals surface area contributed by atoms with Crippen LogP contribution in [0.1, 0.15) is 42.3 Å². The zero-order chi connectivity index (χ0) is 22.0. The number of hydrogen-bond acceptors (Lipinski definition) is 5. The molecule has 0 saturated carbocycles. The van der Waals surface area contributed by atoms with E-state index < -0.39 is 0 Å². The maximum atomic E-state index is 12.5. The number of carbonyl (C=O) groups is 1. The number of carbonyl (C=O) groups excluding carboxylic acids is 1. The number of rotatable bonds is 7. The molecular formula is C24H26N4O3. The Morgan fingerprint density at radius 1 is 1.23 bits per heavy atom. The summed E-state index contributed by atoms with van der Waals surface area (Å²) >= 11 is 0. The minimum atomic E-state index is -0.100. The van der Waals surface area contributed by atoms with Crippen molar-refractivity contribution < 1.29 is 13.9 Å². The van der Waals surface area contributed by atoms with Gasteiger partial charge in [0.05, 0.1) is 26.3 Å². The summed E-state index contributed by atoms with van der Waals surface area (Å²) in [7, 11) is 1.62. The molecule has 4 aromatic rings. The van der Waals surface area contributed by atoms with Gasteiger partial charge in [-0.2, -0.15) is 5.10 Å². The van der Waals surface area contributed by atoms with Crippen molar-refractivity contribution in [1.82, 2.24) is 20.5 Å². The number of furan rings is 1. The summed E-state index contributed by atoms with van der Waals surface area (Å²) in [6.07, 6.45) is 1.91. The molecule has 0 saturated heterocycles. The molecule has 1 amide bonds. The lowest BCUT2D eigenvalue weighted by atomic mass is 9.95. The van der Waals surface area contributed by atoms with Gasteiger partial charge in [0.2, 0.25) is 5.91 Å². The van der Waals surface area contributed by atoms with Crippen LogP contribution < -0.4 is 10.1 Å². The molecule has 2 aromatic carbocycles. The fraction of sp³-hybridized carbons (Fsp3) is 0.292. The van der Waals surface area contributed by atoms with Crippen molar-refractivity contribution in [2.75, 3.05) is 7.11 Å². The lowest BCUT2D eigenvalue weighted by molar-refractivity contribution is -0.120. The van der Waals surface area contributed by atoms with Crippen LogP contribution in [0.3, 0.4) is 0 Å². The van der Waals surface area contributed by atoms with Gasteiger partial charge in [-0.25, -0.2) is 4.98 Å². The molecule has 0 radical (unpaired) electrons. The first kappa shape index (κ1) is 20.7. The van der Waals surface area contributed by atoms with Gasteiger partial charge in [-0.05, 0) is 60.4 Å². The van der Waals surface area contributed by atoms with Crippen molar-refractivity contribution in [2.45, 2.75) is 39.7 Å². The minimum Gasteiger partial charge on any atom is -0.497 e. The third kappa shape index (κ3) is 4.45. The lowest BCUT2D eigenvalue weighted by Crippen LogP contribution is -2.25. The third-order valence-electron chi connectivity index (χ3n) is 5.35. The van der Waals surface area contributed by atoms with Gasteiger partial charge in [-0.15, -0.1) is 0 Å². The van der Waals surface area contributed by atoms with Crippen LogP contribution in [0.25, 0.3) is 22.4 Å². The van der Waals surface area contributed by atoms with E-state index >= 15 is 0 Å². The molecule has 160 valence electrons. The summed E-state index contributed by atoms with van der Waals surface area (Å²) < 4.78 is 10.8. The number of nitrogens with one attached hydrogen (secondary N) is 2. The number of amides is 1. The predicted molar refractivity (Wildman–Crippen MR) is 119 cm³/mol. The molecule has 7 heteroatoms. The van der Waals surface area contributed by atoms with Crippen LogP contribution in [0.4, 0.5) is 0 Å². The van der Waals surface area contributed by atoms with Crippen LogP contribution in [0, 0.1) is 6.92 Å². The van der Waals surface area contributed by atoms with E-state index in [9.17, 15) is 4.79 Å². The Labute approximate surface area is 180 Å². The maximum Gasteiger partial charge on any atom is 0.224 e. The topological polar surface area (TPSA) is 93.0 Å². The summed E-state index contributed by atoms with van der Waals surface area (Å²) in [6.45, 7) is 6.69. The van der Waals surface area contributed by atoms with Crippen LogP contribution in [0.2, 0.25) is 0 Å². The third-order valence-corrected chi connectivity index (χ3v) is 5.35. The minimum absolute atomic E-state index is 0.100. The van der Waals surface area contributed by atoms with Crippen molar-refractivity contribution in [3.05, 3.63) is 65.2 Å². The van der Waals surface area contributed by atoms with Gasteiger partial charge in [-0.3, -0.25) is 9.89 Å². The van der Waals surface area contributed by atoms with E-state index in [1.807, 2.05) is 30.3 Å². The van der Waals surface area contributed by atoms with E-state index in [0.29, 0.717) is 17.6 Å². The van der Waals surface area contributed by atoms with Crippen molar-refractivity contribution in [1.29, 1.82) is 0 Å². The highest BCUT2D eigenvalue weighted by molar-refractivity contribution is 5.88. The van der Waals surface area contributed by atoms with Gasteiger partial charge in [-0.1, -0.05) is 13.8 Å². The average molecular weight is 418 g/mol. The summed E-state index contributed by atoms with van der Waals surface area (Å²) in [4.78, 5) is 17.0. The van der Waals surface area contributed by atoms with Crippen molar-refractivity contribution in [2.24, 2.45) is 0 Å². The van der Waals surface area contributed by atoms with Crippen LogP contribution >= 0.6 is 0 Å². The zero-order valence-corrected chi connectivity index (χ0v) is 18.2. The van der Waals surface area contributed by atoms with Gasteiger partial charge >= 0.3 is 0 Å². The second kappa shape index (κ2) is 8.63. The number of methoxy groups -OCH3 is 1. The summed E-state index contributed by atoms with van der Waals surface area (Å²) in [5, 5.41) is 11.0.